The van der Waals surface area contributed by atoms with Crippen LogP contribution in [0, 0.1) is 5.41 Å². The molecule has 10 heteroatoms. The molecular weight excluding hydrogens is 316 g/mol. The molecule has 0 fully saturated rings. The van der Waals surface area contributed by atoms with E-state index in [9.17, 15) is 9.59 Å². The number of aliphatic hydroxyl groups is 2. The van der Waals surface area contributed by atoms with Crippen molar-refractivity contribution in [2.45, 2.75) is 27.7 Å². The maximum absolute atomic E-state index is 10.6. The molecule has 0 aromatic heterocycles. The van der Waals surface area contributed by atoms with Crippen LogP contribution >= 0.6 is 0 Å². The number of carboxylic acids is 2. The molecule has 0 rings (SSSR count). The highest BCUT2D eigenvalue weighted by Gasteiger charge is 2.32. The van der Waals surface area contributed by atoms with Gasteiger partial charge in [-0.1, -0.05) is 0 Å². The molecule has 0 unspecified atom stereocenters. The van der Waals surface area contributed by atoms with E-state index in [1.165, 1.54) is 13.8 Å². The lowest BCUT2D eigenvalue weighted by atomic mass is 9.92. The number of ether oxygens (including phenoxy) is 2. The summed E-state index contributed by atoms with van der Waals surface area (Å²) >= 11 is 0. The van der Waals surface area contributed by atoms with Gasteiger partial charge in [-0.15, -0.1) is 0 Å². The van der Waals surface area contributed by atoms with Crippen molar-refractivity contribution in [1.29, 1.82) is 0 Å². The SMILES string of the molecule is CC(=O)O.CC(=O)O.CC(=O)OCC(CO)(CO)COC(C)=O. The summed E-state index contributed by atoms with van der Waals surface area (Å²) in [4.78, 5) is 39.1. The van der Waals surface area contributed by atoms with Gasteiger partial charge in [0.25, 0.3) is 11.9 Å². The van der Waals surface area contributed by atoms with Crippen LogP contribution in [0.3, 0.4) is 0 Å². The van der Waals surface area contributed by atoms with Gasteiger partial charge in [0.2, 0.25) is 0 Å². The van der Waals surface area contributed by atoms with Crippen LogP contribution in [0.15, 0.2) is 0 Å². The first-order chi connectivity index (χ1) is 10.4. The highest BCUT2D eigenvalue weighted by molar-refractivity contribution is 5.66. The molecule has 0 aliphatic heterocycles. The van der Waals surface area contributed by atoms with Crippen LogP contribution in [-0.2, 0) is 28.7 Å². The Labute approximate surface area is 133 Å². The molecule has 136 valence electrons. The van der Waals surface area contributed by atoms with E-state index in [2.05, 4.69) is 9.47 Å². The van der Waals surface area contributed by atoms with Crippen LogP contribution in [0.1, 0.15) is 27.7 Å². The molecule has 0 aromatic rings. The van der Waals surface area contributed by atoms with E-state index < -0.39 is 42.5 Å². The zero-order valence-electron chi connectivity index (χ0n) is 13.6. The summed E-state index contributed by atoms with van der Waals surface area (Å²) in [6.45, 7) is 3.33. The second-order valence-electron chi connectivity index (χ2n) is 4.41. The monoisotopic (exact) mass is 340 g/mol. The van der Waals surface area contributed by atoms with Gasteiger partial charge >= 0.3 is 11.9 Å². The second-order valence-corrected chi connectivity index (χ2v) is 4.41. The third kappa shape index (κ3) is 25.1. The molecule has 0 aliphatic carbocycles. The summed E-state index contributed by atoms with van der Waals surface area (Å²) < 4.78 is 9.34. The summed E-state index contributed by atoms with van der Waals surface area (Å²) in [5.74, 6) is -2.71. The number of rotatable bonds is 6. The van der Waals surface area contributed by atoms with Gasteiger partial charge in [-0.25, -0.2) is 0 Å². The number of hydrogen-bond acceptors (Lipinski definition) is 8. The largest absolute Gasteiger partial charge is 0.481 e. The van der Waals surface area contributed by atoms with E-state index in [4.69, 9.17) is 30.0 Å². The molecule has 4 N–H and O–H groups in total. The maximum Gasteiger partial charge on any atom is 0.302 e. The summed E-state index contributed by atoms with van der Waals surface area (Å²) in [6.07, 6.45) is 0. The highest BCUT2D eigenvalue weighted by atomic mass is 16.5. The zero-order chi connectivity index (χ0) is 19.1. The molecule has 0 aromatic carbocycles. The Kier molecular flexibility index (Phi) is 16.5. The van der Waals surface area contributed by atoms with Gasteiger partial charge in [0.05, 0.1) is 18.6 Å². The fourth-order valence-corrected chi connectivity index (χ4v) is 0.784. The van der Waals surface area contributed by atoms with Crippen molar-refractivity contribution in [3.8, 4) is 0 Å². The van der Waals surface area contributed by atoms with Crippen molar-refractivity contribution in [1.82, 2.24) is 0 Å². The van der Waals surface area contributed by atoms with Crippen LogP contribution in [0.5, 0.6) is 0 Å². The molecule has 0 saturated carbocycles. The Morgan fingerprint density at radius 1 is 0.739 bits per heavy atom. The van der Waals surface area contributed by atoms with Crippen molar-refractivity contribution in [2.75, 3.05) is 26.4 Å². The Morgan fingerprint density at radius 3 is 1.09 bits per heavy atom. The van der Waals surface area contributed by atoms with Gasteiger partial charge in [-0.2, -0.15) is 0 Å². The molecule has 10 nitrogen and oxygen atoms in total. The van der Waals surface area contributed by atoms with E-state index in [0.29, 0.717) is 0 Å². The molecule has 0 spiro atoms. The van der Waals surface area contributed by atoms with Gasteiger partial charge < -0.3 is 29.9 Å². The Balaban J connectivity index is -0.000000413. The summed E-state index contributed by atoms with van der Waals surface area (Å²) in [5.41, 5.74) is -1.13. The second kappa shape index (κ2) is 14.7. The van der Waals surface area contributed by atoms with Gasteiger partial charge in [-0.3, -0.25) is 19.2 Å². The van der Waals surface area contributed by atoms with Crippen LogP contribution < -0.4 is 0 Å². The summed E-state index contributed by atoms with van der Waals surface area (Å²) in [5, 5.41) is 33.0. The smallest absolute Gasteiger partial charge is 0.302 e. The lowest BCUT2D eigenvalue weighted by Gasteiger charge is -2.27. The fraction of sp³-hybridized carbons (Fsp3) is 0.692. The Bertz CT molecular complexity index is 333. The predicted octanol–water partition coefficient (Wildman–Crippen LogP) is -0.735. The van der Waals surface area contributed by atoms with Crippen LogP contribution in [0.4, 0.5) is 0 Å². The molecule has 23 heavy (non-hydrogen) atoms. The number of hydrogen-bond donors (Lipinski definition) is 4. The normalized spacial score (nSPS) is 9.30. The molecule has 0 atom stereocenters. The first kappa shape index (κ1) is 25.7. The lowest BCUT2D eigenvalue weighted by Crippen LogP contribution is -2.40. The average molecular weight is 340 g/mol. The molecule has 0 radical (unpaired) electrons. The van der Waals surface area contributed by atoms with Gasteiger partial charge in [0.1, 0.15) is 13.2 Å². The minimum absolute atomic E-state index is 0.192. The van der Waals surface area contributed by atoms with E-state index in [0.717, 1.165) is 13.8 Å². The molecular formula is C13H24O10. The maximum atomic E-state index is 10.6. The highest BCUT2D eigenvalue weighted by Crippen LogP contribution is 2.17. The molecule has 0 bridgehead atoms. The average Bonchev–Trinajstić information content (AvgIpc) is 2.38. The van der Waals surface area contributed by atoms with Crippen LogP contribution in [0.2, 0.25) is 0 Å². The number of carboxylic acid groups (broad SMARTS) is 2. The first-order valence-corrected chi connectivity index (χ1v) is 6.30. The molecule has 0 heterocycles. The lowest BCUT2D eigenvalue weighted by molar-refractivity contribution is -0.156. The standard InChI is InChI=1S/C9H16O6.2C2H4O2/c1-7(12)14-5-9(3-10,4-11)6-15-8(2)13;2*1-2(3)4/h10-11H,3-6H2,1-2H3;2*1H3,(H,3,4). The third-order valence-electron chi connectivity index (χ3n) is 1.83. The topological polar surface area (TPSA) is 168 Å². The van der Waals surface area contributed by atoms with Crippen molar-refractivity contribution in [3.05, 3.63) is 0 Å². The fourth-order valence-electron chi connectivity index (χ4n) is 0.784. The van der Waals surface area contributed by atoms with Crippen molar-refractivity contribution >= 4 is 23.9 Å². The number of aliphatic carboxylic acids is 2. The Morgan fingerprint density at radius 2 is 0.957 bits per heavy atom. The third-order valence-corrected chi connectivity index (χ3v) is 1.83. The minimum Gasteiger partial charge on any atom is -0.481 e. The van der Waals surface area contributed by atoms with Gasteiger partial charge in [-0.05, 0) is 0 Å². The number of carbonyl (C=O) groups excluding carboxylic acids is 2. The first-order valence-electron chi connectivity index (χ1n) is 6.30. The number of aliphatic hydroxyl groups excluding tert-OH is 2. The zero-order valence-corrected chi connectivity index (χ0v) is 13.6. The van der Waals surface area contributed by atoms with Crippen LogP contribution in [-0.4, -0.2) is 70.7 Å². The number of esters is 2. The summed E-state index contributed by atoms with van der Waals surface area (Å²) in [6, 6.07) is 0. The summed E-state index contributed by atoms with van der Waals surface area (Å²) in [7, 11) is 0. The Hall–Kier alpha value is -2.20. The molecule has 0 amide bonds. The van der Waals surface area contributed by atoms with E-state index >= 15 is 0 Å². The van der Waals surface area contributed by atoms with Crippen molar-refractivity contribution in [2.24, 2.45) is 5.41 Å². The van der Waals surface area contributed by atoms with Crippen molar-refractivity contribution in [3.63, 3.8) is 0 Å². The number of carbonyl (C=O) groups is 4. The van der Waals surface area contributed by atoms with Gasteiger partial charge in [0.15, 0.2) is 0 Å². The van der Waals surface area contributed by atoms with E-state index in [1.54, 1.807) is 0 Å². The molecule has 0 saturated heterocycles. The van der Waals surface area contributed by atoms with E-state index in [1.807, 2.05) is 0 Å². The van der Waals surface area contributed by atoms with E-state index in [-0.39, 0.29) is 13.2 Å². The van der Waals surface area contributed by atoms with Crippen LogP contribution in [0.25, 0.3) is 0 Å². The predicted molar refractivity (Wildman–Crippen MR) is 76.5 cm³/mol. The molecule has 0 aliphatic rings. The minimum atomic E-state index is -1.13. The quantitative estimate of drug-likeness (QED) is 0.452. The van der Waals surface area contributed by atoms with Crippen molar-refractivity contribution < 1.29 is 49.1 Å². The van der Waals surface area contributed by atoms with Gasteiger partial charge in [0, 0.05) is 27.7 Å².